The molecule has 4 heteroatoms. The molecular formula is C13H30N2O2. The molecule has 0 radical (unpaired) electrons. The van der Waals surface area contributed by atoms with Crippen LogP contribution in [0.25, 0.3) is 0 Å². The van der Waals surface area contributed by atoms with Crippen LogP contribution in [0.15, 0.2) is 0 Å². The topological polar surface area (TPSA) is 46.9 Å². The van der Waals surface area contributed by atoms with Crippen LogP contribution in [-0.4, -0.2) is 71.5 Å². The molecule has 0 fully saturated rings. The van der Waals surface area contributed by atoms with Gasteiger partial charge in [-0.2, -0.15) is 0 Å². The van der Waals surface area contributed by atoms with E-state index in [9.17, 15) is 0 Å². The molecule has 0 atom stereocenters. The Morgan fingerprint density at radius 3 is 1.59 bits per heavy atom. The Bertz CT molecular complexity index is 161. The lowest BCUT2D eigenvalue weighted by Gasteiger charge is -2.31. The fourth-order valence-electron chi connectivity index (χ4n) is 2.21. The van der Waals surface area contributed by atoms with Gasteiger partial charge in [0.05, 0.1) is 13.2 Å². The minimum absolute atomic E-state index is 0.165. The summed E-state index contributed by atoms with van der Waals surface area (Å²) in [7, 11) is 0. The lowest BCUT2D eigenvalue weighted by molar-refractivity contribution is 0.136. The van der Waals surface area contributed by atoms with Crippen LogP contribution in [-0.2, 0) is 0 Å². The van der Waals surface area contributed by atoms with Gasteiger partial charge in [-0.05, 0) is 47.2 Å². The van der Waals surface area contributed by atoms with Gasteiger partial charge in [-0.3, -0.25) is 9.80 Å². The van der Waals surface area contributed by atoms with E-state index in [0.29, 0.717) is 25.2 Å². The molecule has 4 nitrogen and oxygen atoms in total. The maximum Gasteiger partial charge on any atom is 0.0558 e. The van der Waals surface area contributed by atoms with E-state index in [2.05, 4.69) is 37.5 Å². The first-order valence-corrected chi connectivity index (χ1v) is 6.72. The normalized spacial score (nSPS) is 12.4. The molecule has 0 amide bonds. The quantitative estimate of drug-likeness (QED) is 0.598. The van der Waals surface area contributed by atoms with Crippen LogP contribution < -0.4 is 0 Å². The van der Waals surface area contributed by atoms with Crippen molar-refractivity contribution in [3.05, 3.63) is 0 Å². The van der Waals surface area contributed by atoms with Gasteiger partial charge in [-0.15, -0.1) is 0 Å². The van der Waals surface area contributed by atoms with E-state index in [4.69, 9.17) is 10.2 Å². The molecule has 0 rings (SSSR count). The molecule has 0 saturated heterocycles. The van der Waals surface area contributed by atoms with Crippen LogP contribution in [0, 0.1) is 0 Å². The number of aliphatic hydroxyl groups excluding tert-OH is 2. The van der Waals surface area contributed by atoms with Crippen molar-refractivity contribution in [1.29, 1.82) is 0 Å². The highest BCUT2D eigenvalue weighted by atomic mass is 16.3. The molecule has 0 saturated carbocycles. The van der Waals surface area contributed by atoms with Crippen molar-refractivity contribution in [3.63, 3.8) is 0 Å². The third kappa shape index (κ3) is 7.71. The average Bonchev–Trinajstić information content (AvgIpc) is 2.23. The minimum atomic E-state index is 0.165. The van der Waals surface area contributed by atoms with Gasteiger partial charge in [0.15, 0.2) is 0 Å². The van der Waals surface area contributed by atoms with Gasteiger partial charge in [0.25, 0.3) is 0 Å². The second-order valence-corrected chi connectivity index (χ2v) is 5.07. The molecule has 104 valence electrons. The monoisotopic (exact) mass is 246 g/mol. The Hall–Kier alpha value is -0.160. The van der Waals surface area contributed by atoms with Crippen LogP contribution in [0.4, 0.5) is 0 Å². The first-order chi connectivity index (χ1) is 8.02. The summed E-state index contributed by atoms with van der Waals surface area (Å²) in [5.74, 6) is 0. The fourth-order valence-corrected chi connectivity index (χ4v) is 2.21. The van der Waals surface area contributed by atoms with Crippen molar-refractivity contribution >= 4 is 0 Å². The zero-order valence-electron chi connectivity index (χ0n) is 11.9. The third-order valence-electron chi connectivity index (χ3n) is 3.05. The Balaban J connectivity index is 3.91. The molecule has 0 heterocycles. The summed E-state index contributed by atoms with van der Waals surface area (Å²) in [5, 5.41) is 17.8. The Kier molecular flexibility index (Phi) is 9.74. The molecule has 0 aliphatic heterocycles. The number of nitrogens with zero attached hydrogens (tertiary/aromatic N) is 2. The zero-order chi connectivity index (χ0) is 13.3. The Morgan fingerprint density at radius 2 is 1.24 bits per heavy atom. The van der Waals surface area contributed by atoms with E-state index in [1.165, 1.54) is 0 Å². The van der Waals surface area contributed by atoms with Crippen LogP contribution in [0.2, 0.25) is 0 Å². The predicted octanol–water partition coefficient (Wildman–Crippen LogP) is 0.782. The maximum absolute atomic E-state index is 8.91. The van der Waals surface area contributed by atoms with Crippen molar-refractivity contribution in [2.45, 2.75) is 46.2 Å². The molecule has 0 aliphatic rings. The Morgan fingerprint density at radius 1 is 0.765 bits per heavy atom. The van der Waals surface area contributed by atoms with Gasteiger partial charge in [-0.25, -0.2) is 0 Å². The minimum Gasteiger partial charge on any atom is -0.395 e. The van der Waals surface area contributed by atoms with E-state index < -0.39 is 0 Å². The predicted molar refractivity (Wildman–Crippen MR) is 72.2 cm³/mol. The molecule has 0 aromatic carbocycles. The second kappa shape index (κ2) is 9.83. The lowest BCUT2D eigenvalue weighted by atomic mass is 10.2. The van der Waals surface area contributed by atoms with Gasteiger partial charge < -0.3 is 10.2 Å². The summed E-state index contributed by atoms with van der Waals surface area (Å²) < 4.78 is 0. The SMILES string of the molecule is CC(C)N(CCCN(CCO)CCO)C(C)C. The molecule has 0 aromatic heterocycles. The fraction of sp³-hybridized carbons (Fsp3) is 1.00. The maximum atomic E-state index is 8.91. The highest BCUT2D eigenvalue weighted by Gasteiger charge is 2.13. The number of hydrogen-bond donors (Lipinski definition) is 2. The smallest absolute Gasteiger partial charge is 0.0558 e. The molecule has 17 heavy (non-hydrogen) atoms. The van der Waals surface area contributed by atoms with Gasteiger partial charge in [0.1, 0.15) is 0 Å². The molecule has 0 aromatic rings. The van der Waals surface area contributed by atoms with Crippen molar-refractivity contribution in [1.82, 2.24) is 9.80 Å². The van der Waals surface area contributed by atoms with E-state index in [-0.39, 0.29) is 13.2 Å². The highest BCUT2D eigenvalue weighted by Crippen LogP contribution is 2.06. The van der Waals surface area contributed by atoms with Gasteiger partial charge in [-0.1, -0.05) is 0 Å². The molecule has 0 unspecified atom stereocenters. The van der Waals surface area contributed by atoms with E-state index in [1.54, 1.807) is 0 Å². The second-order valence-electron chi connectivity index (χ2n) is 5.07. The first kappa shape index (κ1) is 16.8. The van der Waals surface area contributed by atoms with E-state index in [1.807, 2.05) is 0 Å². The third-order valence-corrected chi connectivity index (χ3v) is 3.05. The number of aliphatic hydroxyl groups is 2. The van der Waals surface area contributed by atoms with Gasteiger partial charge in [0.2, 0.25) is 0 Å². The zero-order valence-corrected chi connectivity index (χ0v) is 11.9. The molecule has 0 bridgehead atoms. The Labute approximate surface area is 106 Å². The van der Waals surface area contributed by atoms with Crippen LogP contribution in [0.1, 0.15) is 34.1 Å². The molecule has 0 aliphatic carbocycles. The van der Waals surface area contributed by atoms with Crippen molar-refractivity contribution in [2.75, 3.05) is 39.4 Å². The van der Waals surface area contributed by atoms with Gasteiger partial charge >= 0.3 is 0 Å². The van der Waals surface area contributed by atoms with Crippen LogP contribution >= 0.6 is 0 Å². The first-order valence-electron chi connectivity index (χ1n) is 6.72. The molecule has 0 spiro atoms. The summed E-state index contributed by atoms with van der Waals surface area (Å²) in [6.45, 7) is 12.5. The van der Waals surface area contributed by atoms with Crippen molar-refractivity contribution in [2.24, 2.45) is 0 Å². The average molecular weight is 246 g/mol. The number of hydrogen-bond acceptors (Lipinski definition) is 4. The molecule has 2 N–H and O–H groups in total. The van der Waals surface area contributed by atoms with Crippen LogP contribution in [0.3, 0.4) is 0 Å². The summed E-state index contributed by atoms with van der Waals surface area (Å²) in [6, 6.07) is 1.14. The summed E-state index contributed by atoms with van der Waals surface area (Å²) in [4.78, 5) is 4.58. The van der Waals surface area contributed by atoms with Gasteiger partial charge in [0, 0.05) is 25.2 Å². The van der Waals surface area contributed by atoms with Crippen molar-refractivity contribution < 1.29 is 10.2 Å². The molecular weight excluding hydrogens is 216 g/mol. The summed E-state index contributed by atoms with van der Waals surface area (Å²) in [5.41, 5.74) is 0. The largest absolute Gasteiger partial charge is 0.395 e. The van der Waals surface area contributed by atoms with Crippen molar-refractivity contribution in [3.8, 4) is 0 Å². The summed E-state index contributed by atoms with van der Waals surface area (Å²) >= 11 is 0. The standard InChI is InChI=1S/C13H30N2O2/c1-12(2)15(13(3)4)7-5-6-14(8-10-16)9-11-17/h12-13,16-17H,5-11H2,1-4H3. The summed E-state index contributed by atoms with van der Waals surface area (Å²) in [6.07, 6.45) is 1.08. The lowest BCUT2D eigenvalue weighted by Crippen LogP contribution is -2.39. The highest BCUT2D eigenvalue weighted by molar-refractivity contribution is 4.68. The van der Waals surface area contributed by atoms with E-state index in [0.717, 1.165) is 19.5 Å². The number of rotatable bonds is 10. The van der Waals surface area contributed by atoms with E-state index >= 15 is 0 Å². The van der Waals surface area contributed by atoms with Crippen LogP contribution in [0.5, 0.6) is 0 Å².